The third-order valence-electron chi connectivity index (χ3n) is 3.75. The van der Waals surface area contributed by atoms with Crippen LogP contribution in [0.25, 0.3) is 0 Å². The van der Waals surface area contributed by atoms with Crippen molar-refractivity contribution < 1.29 is 9.53 Å². The third kappa shape index (κ3) is 4.80. The normalized spacial score (nSPS) is 9.93. The Kier molecular flexibility index (Phi) is 5.60. The summed E-state index contributed by atoms with van der Waals surface area (Å²) < 4.78 is 5.11. The molecule has 0 saturated carbocycles. The third-order valence-corrected chi connectivity index (χ3v) is 3.75. The van der Waals surface area contributed by atoms with Crippen molar-refractivity contribution in [2.24, 2.45) is 0 Å². The molecule has 0 saturated heterocycles. The SMILES string of the molecule is COc1ccc(CNC(=O)c2ccnc(Nc3cccc(C#N)c3)n2)cc1. The Labute approximate surface area is 156 Å². The first-order chi connectivity index (χ1) is 13.2. The summed E-state index contributed by atoms with van der Waals surface area (Å²) in [4.78, 5) is 20.7. The van der Waals surface area contributed by atoms with Crippen LogP contribution in [0.1, 0.15) is 21.6 Å². The number of rotatable bonds is 6. The van der Waals surface area contributed by atoms with Gasteiger partial charge in [-0.3, -0.25) is 4.79 Å². The zero-order valence-electron chi connectivity index (χ0n) is 14.6. The predicted octanol–water partition coefficient (Wildman–Crippen LogP) is 3.03. The van der Waals surface area contributed by atoms with Gasteiger partial charge in [0.25, 0.3) is 5.91 Å². The van der Waals surface area contributed by atoms with Gasteiger partial charge in [0.2, 0.25) is 5.95 Å². The van der Waals surface area contributed by atoms with Crippen molar-refractivity contribution in [3.63, 3.8) is 0 Å². The highest BCUT2D eigenvalue weighted by molar-refractivity contribution is 5.92. The Morgan fingerprint density at radius 2 is 2.00 bits per heavy atom. The van der Waals surface area contributed by atoms with E-state index in [0.717, 1.165) is 11.3 Å². The standard InChI is InChI=1S/C20H17N5O2/c1-27-17-7-5-14(6-8-17)13-23-19(26)18-9-10-22-20(25-18)24-16-4-2-3-15(11-16)12-21/h2-11H,13H2,1H3,(H,23,26)(H,22,24,25). The average molecular weight is 359 g/mol. The zero-order valence-corrected chi connectivity index (χ0v) is 14.6. The molecule has 0 atom stereocenters. The van der Waals surface area contributed by atoms with Crippen molar-refractivity contribution in [1.29, 1.82) is 5.26 Å². The molecule has 1 amide bonds. The lowest BCUT2D eigenvalue weighted by Crippen LogP contribution is -2.24. The van der Waals surface area contributed by atoms with Gasteiger partial charge < -0.3 is 15.4 Å². The second-order valence-electron chi connectivity index (χ2n) is 5.61. The summed E-state index contributed by atoms with van der Waals surface area (Å²) in [5, 5.41) is 14.8. The van der Waals surface area contributed by atoms with Gasteiger partial charge in [0, 0.05) is 18.4 Å². The van der Waals surface area contributed by atoms with Gasteiger partial charge in [0.15, 0.2) is 0 Å². The molecule has 7 nitrogen and oxygen atoms in total. The van der Waals surface area contributed by atoms with Crippen LogP contribution in [0.2, 0.25) is 0 Å². The number of carbonyl (C=O) groups is 1. The van der Waals surface area contributed by atoms with Crippen molar-refractivity contribution in [2.75, 3.05) is 12.4 Å². The van der Waals surface area contributed by atoms with E-state index in [4.69, 9.17) is 10.00 Å². The molecule has 0 aliphatic carbocycles. The summed E-state index contributed by atoms with van der Waals surface area (Å²) in [7, 11) is 1.61. The lowest BCUT2D eigenvalue weighted by molar-refractivity contribution is 0.0946. The molecule has 1 heterocycles. The van der Waals surface area contributed by atoms with Crippen LogP contribution >= 0.6 is 0 Å². The number of carbonyl (C=O) groups excluding carboxylic acids is 1. The van der Waals surface area contributed by atoms with Gasteiger partial charge in [0.05, 0.1) is 18.7 Å². The minimum Gasteiger partial charge on any atom is -0.497 e. The first-order valence-corrected chi connectivity index (χ1v) is 8.19. The van der Waals surface area contributed by atoms with Crippen LogP contribution in [0.15, 0.2) is 60.8 Å². The van der Waals surface area contributed by atoms with Crippen LogP contribution in [0.4, 0.5) is 11.6 Å². The quantitative estimate of drug-likeness (QED) is 0.702. The van der Waals surface area contributed by atoms with E-state index in [2.05, 4.69) is 26.7 Å². The molecule has 0 unspecified atom stereocenters. The van der Waals surface area contributed by atoms with Crippen LogP contribution < -0.4 is 15.4 Å². The Morgan fingerprint density at radius 3 is 2.74 bits per heavy atom. The Morgan fingerprint density at radius 1 is 1.19 bits per heavy atom. The number of aromatic nitrogens is 2. The number of ether oxygens (including phenoxy) is 1. The number of hydrogen-bond acceptors (Lipinski definition) is 6. The second-order valence-corrected chi connectivity index (χ2v) is 5.61. The molecule has 0 radical (unpaired) electrons. The number of benzene rings is 2. The summed E-state index contributed by atoms with van der Waals surface area (Å²) in [6.45, 7) is 0.375. The molecule has 7 heteroatoms. The van der Waals surface area contributed by atoms with E-state index in [9.17, 15) is 4.79 Å². The number of nitriles is 1. The van der Waals surface area contributed by atoms with Crippen LogP contribution in [0.3, 0.4) is 0 Å². The molecule has 0 aliphatic heterocycles. The lowest BCUT2D eigenvalue weighted by Gasteiger charge is -2.08. The van der Waals surface area contributed by atoms with Crippen molar-refractivity contribution in [1.82, 2.24) is 15.3 Å². The van der Waals surface area contributed by atoms with Crippen molar-refractivity contribution in [2.45, 2.75) is 6.54 Å². The first kappa shape index (κ1) is 17.9. The molecule has 134 valence electrons. The molecule has 3 rings (SSSR count). The molecular weight excluding hydrogens is 342 g/mol. The number of methoxy groups -OCH3 is 1. The van der Waals surface area contributed by atoms with E-state index in [1.54, 1.807) is 37.4 Å². The maximum Gasteiger partial charge on any atom is 0.270 e. The summed E-state index contributed by atoms with van der Waals surface area (Å²) in [6.07, 6.45) is 1.51. The first-order valence-electron chi connectivity index (χ1n) is 8.19. The van der Waals surface area contributed by atoms with Gasteiger partial charge in [-0.25, -0.2) is 9.97 Å². The second kappa shape index (κ2) is 8.45. The molecule has 2 aromatic carbocycles. The topological polar surface area (TPSA) is 99.9 Å². The van der Waals surface area contributed by atoms with Crippen LogP contribution in [0, 0.1) is 11.3 Å². The van der Waals surface area contributed by atoms with Crippen LogP contribution in [0.5, 0.6) is 5.75 Å². The summed E-state index contributed by atoms with van der Waals surface area (Å²) in [5.74, 6) is 0.737. The minimum atomic E-state index is -0.304. The van der Waals surface area contributed by atoms with E-state index in [-0.39, 0.29) is 17.5 Å². The van der Waals surface area contributed by atoms with Crippen molar-refractivity contribution >= 4 is 17.5 Å². The van der Waals surface area contributed by atoms with Crippen molar-refractivity contribution in [3.8, 4) is 11.8 Å². The Balaban J connectivity index is 1.65. The molecule has 3 aromatic rings. The molecule has 2 N–H and O–H groups in total. The van der Waals surface area contributed by atoms with Gasteiger partial charge in [-0.05, 0) is 42.0 Å². The van der Waals surface area contributed by atoms with Gasteiger partial charge in [-0.15, -0.1) is 0 Å². The summed E-state index contributed by atoms with van der Waals surface area (Å²) in [6, 6.07) is 18.0. The number of amides is 1. The minimum absolute atomic E-state index is 0.248. The van der Waals surface area contributed by atoms with Crippen molar-refractivity contribution in [3.05, 3.63) is 77.6 Å². The summed E-state index contributed by atoms with van der Waals surface area (Å²) in [5.41, 5.74) is 2.39. The van der Waals surface area contributed by atoms with Gasteiger partial charge in [0.1, 0.15) is 11.4 Å². The van der Waals surface area contributed by atoms with Gasteiger partial charge >= 0.3 is 0 Å². The fourth-order valence-electron chi connectivity index (χ4n) is 2.36. The van der Waals surface area contributed by atoms with E-state index < -0.39 is 0 Å². The highest BCUT2D eigenvalue weighted by atomic mass is 16.5. The fraction of sp³-hybridized carbons (Fsp3) is 0.100. The predicted molar refractivity (Wildman–Crippen MR) is 101 cm³/mol. The Bertz CT molecular complexity index is 980. The van der Waals surface area contributed by atoms with Gasteiger partial charge in [-0.2, -0.15) is 5.26 Å². The van der Waals surface area contributed by atoms with Crippen LogP contribution in [-0.2, 0) is 6.54 Å². The number of nitrogens with one attached hydrogen (secondary N) is 2. The highest BCUT2D eigenvalue weighted by Gasteiger charge is 2.09. The molecule has 27 heavy (non-hydrogen) atoms. The molecule has 0 fully saturated rings. The maximum atomic E-state index is 12.3. The largest absolute Gasteiger partial charge is 0.497 e. The lowest BCUT2D eigenvalue weighted by atomic mass is 10.2. The molecule has 0 aliphatic rings. The zero-order chi connectivity index (χ0) is 19.1. The number of hydrogen-bond donors (Lipinski definition) is 2. The van der Waals surface area contributed by atoms with Gasteiger partial charge in [-0.1, -0.05) is 18.2 Å². The average Bonchev–Trinajstić information content (AvgIpc) is 2.72. The number of nitrogens with zero attached hydrogens (tertiary/aromatic N) is 3. The molecule has 1 aromatic heterocycles. The maximum absolute atomic E-state index is 12.3. The molecule has 0 spiro atoms. The number of anilines is 2. The highest BCUT2D eigenvalue weighted by Crippen LogP contribution is 2.15. The van der Waals surface area contributed by atoms with E-state index in [0.29, 0.717) is 17.8 Å². The Hall–Kier alpha value is -3.92. The van der Waals surface area contributed by atoms with E-state index in [1.807, 2.05) is 24.3 Å². The smallest absolute Gasteiger partial charge is 0.270 e. The van der Waals surface area contributed by atoms with E-state index in [1.165, 1.54) is 6.20 Å². The molecular formula is C20H17N5O2. The monoisotopic (exact) mass is 359 g/mol. The molecule has 0 bridgehead atoms. The van der Waals surface area contributed by atoms with E-state index >= 15 is 0 Å². The summed E-state index contributed by atoms with van der Waals surface area (Å²) >= 11 is 0. The fourth-order valence-corrected chi connectivity index (χ4v) is 2.36. The van der Waals surface area contributed by atoms with Crippen LogP contribution in [-0.4, -0.2) is 23.0 Å².